The maximum atomic E-state index is 13.3. The Labute approximate surface area is 111 Å². The van der Waals surface area contributed by atoms with E-state index in [1.807, 2.05) is 18.8 Å². The summed E-state index contributed by atoms with van der Waals surface area (Å²) in [6.07, 6.45) is 4.04. The first-order valence-corrected chi connectivity index (χ1v) is 6.50. The smallest absolute Gasteiger partial charge is 0.331 e. The molecule has 0 unspecified atom stereocenters. The number of hydrogen-bond donors (Lipinski definition) is 2. The second-order valence-corrected chi connectivity index (χ2v) is 5.60. The van der Waals surface area contributed by atoms with Crippen molar-refractivity contribution in [3.05, 3.63) is 26.7 Å². The maximum Gasteiger partial charge on any atom is 0.331 e. The Morgan fingerprint density at radius 1 is 1.32 bits per heavy atom. The van der Waals surface area contributed by atoms with Crippen LogP contribution in [0.25, 0.3) is 0 Å². The largest absolute Gasteiger partial charge is 0.492 e. The Hall–Kier alpha value is -1.59. The van der Waals surface area contributed by atoms with Crippen LogP contribution in [0, 0.1) is 11.2 Å². The molecule has 19 heavy (non-hydrogen) atoms. The lowest BCUT2D eigenvalue weighted by atomic mass is 9.87. The number of aromatic nitrogens is 2. The highest BCUT2D eigenvalue weighted by Gasteiger charge is 2.22. The molecule has 108 valence electrons. The summed E-state index contributed by atoms with van der Waals surface area (Å²) in [5, 5.41) is 9.56. The molecule has 0 saturated carbocycles. The first kappa shape index (κ1) is 15.5. The van der Waals surface area contributed by atoms with Crippen molar-refractivity contribution in [3.63, 3.8) is 0 Å². The second kappa shape index (κ2) is 6.04. The molecule has 5 nitrogen and oxygen atoms in total. The summed E-state index contributed by atoms with van der Waals surface area (Å²) in [6.45, 7) is 6.14. The van der Waals surface area contributed by atoms with E-state index >= 15 is 0 Å². The Kier molecular flexibility index (Phi) is 4.91. The second-order valence-electron chi connectivity index (χ2n) is 5.60. The highest BCUT2D eigenvalue weighted by molar-refractivity contribution is 5.09. The number of aromatic amines is 1. The van der Waals surface area contributed by atoms with Gasteiger partial charge >= 0.3 is 5.69 Å². The SMILES string of the molecule is CCCCCC(C)(C)Cn1c(O)c(F)c(=O)[nH]c1=O. The molecule has 0 aliphatic heterocycles. The fraction of sp³-hybridized carbons (Fsp3) is 0.692. The van der Waals surface area contributed by atoms with E-state index in [2.05, 4.69) is 6.92 Å². The van der Waals surface area contributed by atoms with Crippen molar-refractivity contribution in [1.29, 1.82) is 0 Å². The van der Waals surface area contributed by atoms with Crippen LogP contribution in [0.15, 0.2) is 9.59 Å². The van der Waals surface area contributed by atoms with Crippen molar-refractivity contribution in [3.8, 4) is 5.88 Å². The van der Waals surface area contributed by atoms with E-state index in [1.54, 1.807) is 0 Å². The maximum absolute atomic E-state index is 13.3. The van der Waals surface area contributed by atoms with E-state index in [-0.39, 0.29) is 12.0 Å². The van der Waals surface area contributed by atoms with Gasteiger partial charge in [0.05, 0.1) is 0 Å². The van der Waals surface area contributed by atoms with Crippen molar-refractivity contribution in [2.24, 2.45) is 5.41 Å². The van der Waals surface area contributed by atoms with Gasteiger partial charge in [-0.2, -0.15) is 4.39 Å². The minimum atomic E-state index is -1.32. The van der Waals surface area contributed by atoms with Crippen LogP contribution in [-0.2, 0) is 6.54 Å². The number of rotatable bonds is 6. The van der Waals surface area contributed by atoms with Gasteiger partial charge in [0.1, 0.15) is 0 Å². The van der Waals surface area contributed by atoms with E-state index in [1.165, 1.54) is 0 Å². The molecule has 2 N–H and O–H groups in total. The van der Waals surface area contributed by atoms with Gasteiger partial charge in [0.25, 0.3) is 5.56 Å². The predicted octanol–water partition coefficient (Wildman–Crippen LogP) is 1.99. The molecule has 1 aromatic rings. The average molecular weight is 272 g/mol. The summed E-state index contributed by atoms with van der Waals surface area (Å²) in [6, 6.07) is 0. The van der Waals surface area contributed by atoms with Crippen LogP contribution >= 0.6 is 0 Å². The van der Waals surface area contributed by atoms with Crippen LogP contribution in [0.2, 0.25) is 0 Å². The van der Waals surface area contributed by atoms with Crippen molar-refractivity contribution in [2.45, 2.75) is 53.0 Å². The summed E-state index contributed by atoms with van der Waals surface area (Å²) < 4.78 is 14.2. The summed E-state index contributed by atoms with van der Waals surface area (Å²) in [7, 11) is 0. The summed E-state index contributed by atoms with van der Waals surface area (Å²) in [4.78, 5) is 24.4. The number of unbranched alkanes of at least 4 members (excludes halogenated alkanes) is 2. The van der Waals surface area contributed by atoms with Gasteiger partial charge in [-0.25, -0.2) is 4.79 Å². The van der Waals surface area contributed by atoms with E-state index in [4.69, 9.17) is 0 Å². The molecule has 1 rings (SSSR count). The first-order chi connectivity index (χ1) is 8.78. The number of halogens is 1. The topological polar surface area (TPSA) is 75.1 Å². The molecule has 0 spiro atoms. The average Bonchev–Trinajstić information content (AvgIpc) is 2.32. The summed E-state index contributed by atoms with van der Waals surface area (Å²) in [5.74, 6) is -2.21. The third kappa shape index (κ3) is 3.94. The molecule has 0 saturated heterocycles. The lowest BCUT2D eigenvalue weighted by molar-refractivity contribution is 0.242. The molecule has 0 fully saturated rings. The van der Waals surface area contributed by atoms with Crippen LogP contribution in [0.1, 0.15) is 46.5 Å². The third-order valence-electron chi connectivity index (χ3n) is 3.16. The third-order valence-corrected chi connectivity index (χ3v) is 3.16. The molecule has 1 aromatic heterocycles. The molecular formula is C13H21FN2O3. The number of nitrogens with one attached hydrogen (secondary N) is 1. The number of nitrogens with zero attached hydrogens (tertiary/aromatic N) is 1. The zero-order chi connectivity index (χ0) is 14.6. The molecule has 0 atom stereocenters. The number of aromatic hydroxyl groups is 1. The molecular weight excluding hydrogens is 251 g/mol. The van der Waals surface area contributed by atoms with E-state index in [9.17, 15) is 19.1 Å². The molecule has 6 heteroatoms. The number of hydrogen-bond acceptors (Lipinski definition) is 3. The van der Waals surface area contributed by atoms with Crippen molar-refractivity contribution >= 4 is 0 Å². The van der Waals surface area contributed by atoms with E-state index in [0.29, 0.717) is 0 Å². The zero-order valence-corrected chi connectivity index (χ0v) is 11.6. The van der Waals surface area contributed by atoms with Gasteiger partial charge in [-0.1, -0.05) is 40.0 Å². The van der Waals surface area contributed by atoms with Crippen LogP contribution in [0.3, 0.4) is 0 Å². The van der Waals surface area contributed by atoms with Crippen LogP contribution in [0.5, 0.6) is 5.88 Å². The molecule has 0 amide bonds. The van der Waals surface area contributed by atoms with Gasteiger partial charge in [0, 0.05) is 6.54 Å². The van der Waals surface area contributed by atoms with Gasteiger partial charge in [-0.15, -0.1) is 0 Å². The highest BCUT2D eigenvalue weighted by atomic mass is 19.1. The van der Waals surface area contributed by atoms with Gasteiger partial charge in [-0.05, 0) is 11.8 Å². The monoisotopic (exact) mass is 272 g/mol. The van der Waals surface area contributed by atoms with Crippen LogP contribution in [-0.4, -0.2) is 14.7 Å². The first-order valence-electron chi connectivity index (χ1n) is 6.50. The molecule has 0 aromatic carbocycles. The van der Waals surface area contributed by atoms with Crippen LogP contribution in [0.4, 0.5) is 4.39 Å². The molecule has 0 radical (unpaired) electrons. The zero-order valence-electron chi connectivity index (χ0n) is 11.6. The van der Waals surface area contributed by atoms with Gasteiger partial charge in [0.2, 0.25) is 11.7 Å². The van der Waals surface area contributed by atoms with Crippen molar-refractivity contribution in [1.82, 2.24) is 9.55 Å². The van der Waals surface area contributed by atoms with Crippen molar-refractivity contribution < 1.29 is 9.50 Å². The standard InChI is InChI=1S/C13H21FN2O3/c1-4-5-6-7-13(2,3)8-16-11(18)9(14)10(17)15-12(16)19/h18H,4-8H2,1-3H3,(H,15,17,19). The fourth-order valence-corrected chi connectivity index (χ4v) is 2.04. The molecule has 0 bridgehead atoms. The van der Waals surface area contributed by atoms with E-state index < -0.39 is 22.9 Å². The van der Waals surface area contributed by atoms with Gasteiger partial charge in [-0.3, -0.25) is 14.3 Å². The molecule has 1 heterocycles. The number of H-pyrrole nitrogens is 1. The van der Waals surface area contributed by atoms with Crippen LogP contribution < -0.4 is 11.2 Å². The van der Waals surface area contributed by atoms with E-state index in [0.717, 1.165) is 30.3 Å². The molecule has 0 aliphatic carbocycles. The lowest BCUT2D eigenvalue weighted by Crippen LogP contribution is -2.35. The Balaban J connectivity index is 2.96. The molecule has 0 aliphatic rings. The van der Waals surface area contributed by atoms with Gasteiger partial charge in [0.15, 0.2) is 0 Å². The minimum Gasteiger partial charge on any atom is -0.492 e. The normalized spacial score (nSPS) is 11.8. The minimum absolute atomic E-state index is 0.162. The van der Waals surface area contributed by atoms with Gasteiger partial charge < -0.3 is 5.11 Å². The lowest BCUT2D eigenvalue weighted by Gasteiger charge is -2.25. The Bertz CT molecular complexity index is 546. The Morgan fingerprint density at radius 2 is 1.95 bits per heavy atom. The fourth-order valence-electron chi connectivity index (χ4n) is 2.04. The van der Waals surface area contributed by atoms with Crippen molar-refractivity contribution in [2.75, 3.05) is 0 Å². The predicted molar refractivity (Wildman–Crippen MR) is 70.9 cm³/mol. The quantitative estimate of drug-likeness (QED) is 0.778. The highest BCUT2D eigenvalue weighted by Crippen LogP contribution is 2.27. The summed E-state index contributed by atoms with van der Waals surface area (Å²) >= 11 is 0. The summed E-state index contributed by atoms with van der Waals surface area (Å²) in [5.41, 5.74) is -2.24. The Morgan fingerprint density at radius 3 is 2.53 bits per heavy atom.